The first-order chi connectivity index (χ1) is 10.6. The molecule has 0 radical (unpaired) electrons. The summed E-state index contributed by atoms with van der Waals surface area (Å²) in [5, 5.41) is 0. The number of alkyl halides is 1. The summed E-state index contributed by atoms with van der Waals surface area (Å²) in [5.74, 6) is 1.33. The van der Waals surface area contributed by atoms with Crippen LogP contribution in [0.3, 0.4) is 0 Å². The Bertz CT molecular complexity index is 441. The van der Waals surface area contributed by atoms with Crippen LogP contribution in [0.15, 0.2) is 0 Å². The summed E-state index contributed by atoms with van der Waals surface area (Å²) in [5.41, 5.74) is 5.56. The summed E-state index contributed by atoms with van der Waals surface area (Å²) in [4.78, 5) is 23.0. The van der Waals surface area contributed by atoms with E-state index in [1.807, 2.05) is 22.6 Å². The Labute approximate surface area is 143 Å². The lowest BCUT2D eigenvalue weighted by molar-refractivity contribution is -0.141. The monoisotopic (exact) mass is 424 g/mol. The van der Waals surface area contributed by atoms with E-state index in [4.69, 9.17) is 19.9 Å². The number of aryl methyl sites for hydroxylation is 2. The van der Waals surface area contributed by atoms with Crippen molar-refractivity contribution in [3.63, 3.8) is 0 Å². The van der Waals surface area contributed by atoms with Gasteiger partial charge in [-0.15, -0.1) is 0 Å². The smallest absolute Gasteiger partial charge is 0.315 e. The Kier molecular flexibility index (Phi) is 9.91. The largest absolute Gasteiger partial charge is 0.463 e. The molecule has 9 heteroatoms. The van der Waals surface area contributed by atoms with Crippen molar-refractivity contribution in [1.82, 2.24) is 15.0 Å². The van der Waals surface area contributed by atoms with E-state index in [0.717, 1.165) is 6.42 Å². The van der Waals surface area contributed by atoms with Gasteiger partial charge in [0.05, 0.1) is 24.2 Å². The van der Waals surface area contributed by atoms with Crippen LogP contribution in [0.1, 0.15) is 18.1 Å². The van der Waals surface area contributed by atoms with Crippen LogP contribution in [0.25, 0.3) is 0 Å². The molecule has 22 heavy (non-hydrogen) atoms. The number of nitrogen functional groups attached to an aromatic ring is 1. The Morgan fingerprint density at radius 2 is 1.77 bits per heavy atom. The first-order valence-corrected chi connectivity index (χ1v) is 8.48. The van der Waals surface area contributed by atoms with Crippen LogP contribution in [-0.2, 0) is 25.4 Å². The lowest BCUT2D eigenvalue weighted by Gasteiger charge is -2.06. The predicted octanol–water partition coefficient (Wildman–Crippen LogP) is 0.706. The molecule has 0 fully saturated rings. The highest BCUT2D eigenvalue weighted by Gasteiger charge is 2.01. The highest BCUT2D eigenvalue weighted by molar-refractivity contribution is 14.1. The van der Waals surface area contributed by atoms with Crippen LogP contribution in [0.2, 0.25) is 0 Å². The fourth-order valence-electron chi connectivity index (χ4n) is 1.58. The van der Waals surface area contributed by atoms with Crippen LogP contribution in [0.5, 0.6) is 0 Å². The van der Waals surface area contributed by atoms with E-state index in [0.29, 0.717) is 48.9 Å². The first kappa shape index (κ1) is 19.0. The normalized spacial score (nSPS) is 10.6. The van der Waals surface area contributed by atoms with Gasteiger partial charge in [0, 0.05) is 13.0 Å². The number of nitrogens with two attached hydrogens (primary N) is 1. The number of rotatable bonds is 11. The molecule has 0 atom stereocenters. The van der Waals surface area contributed by atoms with E-state index in [2.05, 4.69) is 15.0 Å². The van der Waals surface area contributed by atoms with E-state index in [1.54, 1.807) is 6.92 Å². The highest BCUT2D eigenvalue weighted by Crippen LogP contribution is 2.00. The van der Waals surface area contributed by atoms with Gasteiger partial charge in [0.15, 0.2) is 0 Å². The number of hydrogen-bond donors (Lipinski definition) is 1. The molecule has 0 saturated carbocycles. The molecule has 1 heterocycles. The quantitative estimate of drug-likeness (QED) is 0.239. The van der Waals surface area contributed by atoms with Gasteiger partial charge in [0.1, 0.15) is 18.3 Å². The molecular formula is C13H21IN4O4. The summed E-state index contributed by atoms with van der Waals surface area (Å²) < 4.78 is 15.9. The SMILES string of the molecule is Cc1nc(N)nc(CCCOCCOCCOC(=O)CI)n1. The molecule has 2 N–H and O–H groups in total. The standard InChI is InChI=1S/C13H21IN4O4/c1-10-16-11(18-13(15)17-10)3-2-4-20-5-6-21-7-8-22-12(19)9-14/h2-9H2,1H3,(H2,15,16,17,18). The lowest BCUT2D eigenvalue weighted by atomic mass is 10.3. The number of aromatic nitrogens is 3. The van der Waals surface area contributed by atoms with Crippen LogP contribution in [0, 0.1) is 6.92 Å². The zero-order valence-electron chi connectivity index (χ0n) is 12.6. The number of ether oxygens (including phenoxy) is 3. The summed E-state index contributed by atoms with van der Waals surface area (Å²) in [6, 6.07) is 0. The van der Waals surface area contributed by atoms with Crippen molar-refractivity contribution in [3.05, 3.63) is 11.6 Å². The van der Waals surface area contributed by atoms with Crippen LogP contribution < -0.4 is 5.73 Å². The number of hydrogen-bond acceptors (Lipinski definition) is 8. The van der Waals surface area contributed by atoms with E-state index in [1.165, 1.54) is 0 Å². The molecule has 124 valence electrons. The molecule has 0 saturated heterocycles. The predicted molar refractivity (Wildman–Crippen MR) is 88.8 cm³/mol. The van der Waals surface area contributed by atoms with Gasteiger partial charge >= 0.3 is 5.97 Å². The number of halogens is 1. The molecule has 0 spiro atoms. The van der Waals surface area contributed by atoms with Crippen molar-refractivity contribution in [1.29, 1.82) is 0 Å². The summed E-state index contributed by atoms with van der Waals surface area (Å²) in [7, 11) is 0. The molecular weight excluding hydrogens is 403 g/mol. The Morgan fingerprint density at radius 3 is 2.45 bits per heavy atom. The fraction of sp³-hybridized carbons (Fsp3) is 0.692. The molecule has 0 unspecified atom stereocenters. The lowest BCUT2D eigenvalue weighted by Crippen LogP contribution is -2.13. The maximum atomic E-state index is 10.8. The van der Waals surface area contributed by atoms with Crippen LogP contribution >= 0.6 is 22.6 Å². The first-order valence-electron chi connectivity index (χ1n) is 6.96. The maximum Gasteiger partial charge on any atom is 0.315 e. The second-order valence-electron chi connectivity index (χ2n) is 4.34. The zero-order chi connectivity index (χ0) is 16.2. The van der Waals surface area contributed by atoms with Crippen molar-refractivity contribution in [2.24, 2.45) is 0 Å². The third-order valence-corrected chi connectivity index (χ3v) is 3.09. The van der Waals surface area contributed by atoms with Gasteiger partial charge in [-0.05, 0) is 13.3 Å². The van der Waals surface area contributed by atoms with E-state index in [-0.39, 0.29) is 18.5 Å². The molecule has 0 aliphatic rings. The minimum atomic E-state index is -0.227. The van der Waals surface area contributed by atoms with Gasteiger partial charge in [-0.2, -0.15) is 9.97 Å². The van der Waals surface area contributed by atoms with Gasteiger partial charge < -0.3 is 19.9 Å². The maximum absolute atomic E-state index is 10.8. The molecule has 1 aromatic rings. The van der Waals surface area contributed by atoms with Crippen molar-refractivity contribution in [3.8, 4) is 0 Å². The molecule has 0 aliphatic heterocycles. The highest BCUT2D eigenvalue weighted by atomic mass is 127. The van der Waals surface area contributed by atoms with Crippen molar-refractivity contribution in [2.75, 3.05) is 43.2 Å². The van der Waals surface area contributed by atoms with Crippen molar-refractivity contribution < 1.29 is 19.0 Å². The van der Waals surface area contributed by atoms with Gasteiger partial charge in [-0.1, -0.05) is 22.6 Å². The average molecular weight is 424 g/mol. The van der Waals surface area contributed by atoms with Crippen molar-refractivity contribution in [2.45, 2.75) is 19.8 Å². The fourth-order valence-corrected chi connectivity index (χ4v) is 1.80. The third-order valence-electron chi connectivity index (χ3n) is 2.47. The second kappa shape index (κ2) is 11.5. The van der Waals surface area contributed by atoms with Crippen LogP contribution in [0.4, 0.5) is 5.95 Å². The molecule has 0 bridgehead atoms. The number of carbonyl (C=O) groups is 1. The molecule has 1 rings (SSSR count). The Balaban J connectivity index is 1.94. The van der Waals surface area contributed by atoms with Crippen molar-refractivity contribution >= 4 is 34.5 Å². The minimum absolute atomic E-state index is 0.227. The summed E-state index contributed by atoms with van der Waals surface area (Å²) >= 11 is 1.95. The number of esters is 1. The number of nitrogens with zero attached hydrogens (tertiary/aromatic N) is 3. The van der Waals surface area contributed by atoms with Gasteiger partial charge in [0.25, 0.3) is 0 Å². The van der Waals surface area contributed by atoms with Gasteiger partial charge in [-0.25, -0.2) is 4.98 Å². The molecule has 1 aromatic heterocycles. The Hall–Kier alpha value is -1.07. The van der Waals surface area contributed by atoms with Gasteiger partial charge in [-0.3, -0.25) is 4.79 Å². The van der Waals surface area contributed by atoms with Gasteiger partial charge in [0.2, 0.25) is 5.95 Å². The molecule has 0 amide bonds. The number of carbonyl (C=O) groups excluding carboxylic acids is 1. The molecule has 8 nitrogen and oxygen atoms in total. The second-order valence-corrected chi connectivity index (χ2v) is 5.10. The summed E-state index contributed by atoms with van der Waals surface area (Å²) in [6.07, 6.45) is 1.50. The van der Waals surface area contributed by atoms with Crippen LogP contribution in [-0.4, -0.2) is 58.4 Å². The van der Waals surface area contributed by atoms with E-state index in [9.17, 15) is 4.79 Å². The number of anilines is 1. The third kappa shape index (κ3) is 9.05. The summed E-state index contributed by atoms with van der Waals surface area (Å²) in [6.45, 7) is 4.01. The topological polar surface area (TPSA) is 109 Å². The van der Waals surface area contributed by atoms with E-state index < -0.39 is 0 Å². The Morgan fingerprint density at radius 1 is 1.09 bits per heavy atom. The molecule has 0 aromatic carbocycles. The van der Waals surface area contributed by atoms with E-state index >= 15 is 0 Å². The zero-order valence-corrected chi connectivity index (χ0v) is 14.7. The molecule has 0 aliphatic carbocycles. The minimum Gasteiger partial charge on any atom is -0.463 e. The average Bonchev–Trinajstić information content (AvgIpc) is 2.47.